The van der Waals surface area contributed by atoms with Crippen molar-refractivity contribution < 1.29 is 9.90 Å². The van der Waals surface area contributed by atoms with E-state index in [2.05, 4.69) is 10.6 Å². The molecule has 0 saturated heterocycles. The maximum atomic E-state index is 11.1. The van der Waals surface area contributed by atoms with Gasteiger partial charge in [-0.15, -0.1) is 12.4 Å². The number of likely N-dealkylation sites (N-methyl/N-ethyl adjacent to an activating group) is 1. The van der Waals surface area contributed by atoms with E-state index < -0.39 is 0 Å². The Morgan fingerprint density at radius 1 is 1.38 bits per heavy atom. The molecule has 0 spiro atoms. The van der Waals surface area contributed by atoms with Gasteiger partial charge in [0.25, 0.3) is 0 Å². The molecule has 0 aliphatic rings. The van der Waals surface area contributed by atoms with Gasteiger partial charge in [-0.05, 0) is 18.2 Å². The van der Waals surface area contributed by atoms with Gasteiger partial charge in [0, 0.05) is 6.54 Å². The topological polar surface area (TPSA) is 61.4 Å². The number of rotatable bonds is 5. The number of carbonyl (C=O) groups is 1. The Balaban J connectivity index is 0.00000225. The minimum atomic E-state index is -0.0353. The zero-order valence-corrected chi connectivity index (χ0v) is 10.0. The van der Waals surface area contributed by atoms with Crippen molar-refractivity contribution in [2.45, 2.75) is 13.2 Å². The summed E-state index contributed by atoms with van der Waals surface area (Å²) in [6, 6.07) is 7.50. The van der Waals surface area contributed by atoms with E-state index in [4.69, 9.17) is 5.11 Å². The first-order valence-electron chi connectivity index (χ1n) is 4.86. The molecule has 0 radical (unpaired) electrons. The van der Waals surface area contributed by atoms with Gasteiger partial charge in [0.1, 0.15) is 0 Å². The van der Waals surface area contributed by atoms with Gasteiger partial charge in [-0.2, -0.15) is 0 Å². The van der Waals surface area contributed by atoms with Crippen molar-refractivity contribution in [3.8, 4) is 0 Å². The summed E-state index contributed by atoms with van der Waals surface area (Å²) in [5.41, 5.74) is 1.85. The third kappa shape index (κ3) is 5.11. The van der Waals surface area contributed by atoms with E-state index in [-0.39, 0.29) is 24.9 Å². The summed E-state index contributed by atoms with van der Waals surface area (Å²) in [6.07, 6.45) is 0. The monoisotopic (exact) mass is 244 g/mol. The molecule has 1 aromatic rings. The fourth-order valence-electron chi connectivity index (χ4n) is 1.26. The Labute approximate surface area is 101 Å². The van der Waals surface area contributed by atoms with E-state index in [9.17, 15) is 4.79 Å². The van der Waals surface area contributed by atoms with Crippen molar-refractivity contribution in [3.63, 3.8) is 0 Å². The lowest BCUT2D eigenvalue weighted by Crippen LogP contribution is -2.31. The van der Waals surface area contributed by atoms with Crippen LogP contribution in [0.5, 0.6) is 0 Å². The average molecular weight is 245 g/mol. The number of nitrogens with one attached hydrogen (secondary N) is 2. The van der Waals surface area contributed by atoms with Crippen LogP contribution in [0.1, 0.15) is 11.1 Å². The minimum Gasteiger partial charge on any atom is -0.392 e. The predicted octanol–water partition coefficient (Wildman–Crippen LogP) is 0.436. The number of halogens is 1. The molecule has 4 nitrogen and oxygen atoms in total. The smallest absolute Gasteiger partial charge is 0.234 e. The van der Waals surface area contributed by atoms with Crippen molar-refractivity contribution in [2.24, 2.45) is 0 Å². The zero-order chi connectivity index (χ0) is 11.1. The standard InChI is InChI=1S/C11H16N2O2.ClH/c1-12-7-11(15)13-6-9-3-2-4-10(5-9)8-14;/h2-5,12,14H,6-8H2,1H3,(H,13,15);1H. The third-order valence-corrected chi connectivity index (χ3v) is 2.00. The van der Waals surface area contributed by atoms with Crippen LogP contribution in [0.25, 0.3) is 0 Å². The summed E-state index contributed by atoms with van der Waals surface area (Å²) < 4.78 is 0. The number of carbonyl (C=O) groups excluding carboxylic acids is 1. The third-order valence-electron chi connectivity index (χ3n) is 2.00. The molecule has 0 unspecified atom stereocenters. The second-order valence-corrected chi connectivity index (χ2v) is 3.29. The minimum absolute atomic E-state index is 0. The molecule has 0 saturated carbocycles. The molecule has 3 N–H and O–H groups in total. The Morgan fingerprint density at radius 3 is 2.69 bits per heavy atom. The Bertz CT molecular complexity index is 332. The molecule has 0 aliphatic heterocycles. The van der Waals surface area contributed by atoms with E-state index in [0.29, 0.717) is 13.1 Å². The highest BCUT2D eigenvalue weighted by molar-refractivity contribution is 5.85. The van der Waals surface area contributed by atoms with Gasteiger partial charge >= 0.3 is 0 Å². The highest BCUT2D eigenvalue weighted by Crippen LogP contribution is 2.04. The molecule has 5 heteroatoms. The van der Waals surface area contributed by atoms with Gasteiger partial charge in [0.05, 0.1) is 13.2 Å². The summed E-state index contributed by atoms with van der Waals surface area (Å²) in [5.74, 6) is -0.0353. The van der Waals surface area contributed by atoms with Crippen molar-refractivity contribution in [1.29, 1.82) is 0 Å². The molecule has 1 rings (SSSR count). The quantitative estimate of drug-likeness (QED) is 0.704. The molecule has 90 valence electrons. The van der Waals surface area contributed by atoms with Crippen molar-refractivity contribution in [3.05, 3.63) is 35.4 Å². The molecular formula is C11H17ClN2O2. The number of amides is 1. The zero-order valence-electron chi connectivity index (χ0n) is 9.19. The fourth-order valence-corrected chi connectivity index (χ4v) is 1.26. The predicted molar refractivity (Wildman–Crippen MR) is 65.4 cm³/mol. The second kappa shape index (κ2) is 8.10. The maximum absolute atomic E-state index is 11.1. The molecule has 0 aliphatic carbocycles. The van der Waals surface area contributed by atoms with E-state index in [0.717, 1.165) is 11.1 Å². The Morgan fingerprint density at radius 2 is 2.06 bits per heavy atom. The van der Waals surface area contributed by atoms with Crippen LogP contribution >= 0.6 is 12.4 Å². The molecule has 0 heterocycles. The lowest BCUT2D eigenvalue weighted by atomic mass is 10.1. The Hall–Kier alpha value is -1.10. The first kappa shape index (κ1) is 14.9. The van der Waals surface area contributed by atoms with Crippen molar-refractivity contribution in [2.75, 3.05) is 13.6 Å². The van der Waals surface area contributed by atoms with Crippen molar-refractivity contribution >= 4 is 18.3 Å². The maximum Gasteiger partial charge on any atom is 0.234 e. The van der Waals surface area contributed by atoms with Crippen LogP contribution < -0.4 is 10.6 Å². The first-order valence-corrected chi connectivity index (χ1v) is 4.86. The van der Waals surface area contributed by atoms with Gasteiger partial charge in [-0.25, -0.2) is 0 Å². The lowest BCUT2D eigenvalue weighted by molar-refractivity contribution is -0.120. The molecule has 0 aromatic heterocycles. The molecule has 0 bridgehead atoms. The van der Waals surface area contributed by atoms with Crippen LogP contribution in [0, 0.1) is 0 Å². The molecular weight excluding hydrogens is 228 g/mol. The molecule has 16 heavy (non-hydrogen) atoms. The van der Waals surface area contributed by atoms with E-state index in [1.165, 1.54) is 0 Å². The number of hydrogen-bond donors (Lipinski definition) is 3. The summed E-state index contributed by atoms with van der Waals surface area (Å²) in [5, 5.41) is 14.5. The highest BCUT2D eigenvalue weighted by Gasteiger charge is 1.99. The average Bonchev–Trinajstić information content (AvgIpc) is 2.27. The normalized spacial score (nSPS) is 9.38. The van der Waals surface area contributed by atoms with Gasteiger partial charge in [-0.3, -0.25) is 4.79 Å². The summed E-state index contributed by atoms with van der Waals surface area (Å²) in [7, 11) is 1.73. The lowest BCUT2D eigenvalue weighted by Gasteiger charge is -2.05. The Kier molecular flexibility index (Phi) is 7.54. The van der Waals surface area contributed by atoms with Gasteiger partial charge in [0.15, 0.2) is 0 Å². The van der Waals surface area contributed by atoms with Crippen LogP contribution in [0.2, 0.25) is 0 Å². The number of aliphatic hydroxyl groups is 1. The summed E-state index contributed by atoms with van der Waals surface area (Å²) >= 11 is 0. The number of hydrogen-bond acceptors (Lipinski definition) is 3. The largest absolute Gasteiger partial charge is 0.392 e. The van der Waals surface area contributed by atoms with Crippen LogP contribution in [0.4, 0.5) is 0 Å². The second-order valence-electron chi connectivity index (χ2n) is 3.29. The van der Waals surface area contributed by atoms with E-state index >= 15 is 0 Å². The van der Waals surface area contributed by atoms with E-state index in [1.807, 2.05) is 24.3 Å². The SMILES string of the molecule is CNCC(=O)NCc1cccc(CO)c1.Cl. The van der Waals surface area contributed by atoms with Gasteiger partial charge < -0.3 is 15.7 Å². The number of aliphatic hydroxyl groups excluding tert-OH is 1. The van der Waals surface area contributed by atoms with Crippen molar-refractivity contribution in [1.82, 2.24) is 10.6 Å². The molecule has 0 atom stereocenters. The van der Waals surface area contributed by atoms with Gasteiger partial charge in [-0.1, -0.05) is 24.3 Å². The highest BCUT2D eigenvalue weighted by atomic mass is 35.5. The molecule has 0 fully saturated rings. The molecule has 1 amide bonds. The van der Waals surface area contributed by atoms with Crippen LogP contribution in [-0.4, -0.2) is 24.6 Å². The molecule has 1 aromatic carbocycles. The van der Waals surface area contributed by atoms with Gasteiger partial charge in [0.2, 0.25) is 5.91 Å². The van der Waals surface area contributed by atoms with Crippen LogP contribution in [0.3, 0.4) is 0 Å². The van der Waals surface area contributed by atoms with Crippen LogP contribution in [-0.2, 0) is 17.9 Å². The van der Waals surface area contributed by atoms with Crippen LogP contribution in [0.15, 0.2) is 24.3 Å². The first-order chi connectivity index (χ1) is 7.26. The summed E-state index contributed by atoms with van der Waals surface area (Å²) in [6.45, 7) is 0.840. The number of benzene rings is 1. The van der Waals surface area contributed by atoms with E-state index in [1.54, 1.807) is 7.05 Å². The summed E-state index contributed by atoms with van der Waals surface area (Å²) in [4.78, 5) is 11.1. The fraction of sp³-hybridized carbons (Fsp3) is 0.364.